The van der Waals surface area contributed by atoms with Crippen molar-refractivity contribution in [3.05, 3.63) is 102 Å². The van der Waals surface area contributed by atoms with Gasteiger partial charge in [-0.25, -0.2) is 22.9 Å². The molecule has 1 aliphatic carbocycles. The molecule has 0 aliphatic heterocycles. The Balaban J connectivity index is 0.000000591. The average Bonchev–Trinajstić information content (AvgIpc) is 3.57. The molecule has 0 radical (unpaired) electrons. The van der Waals surface area contributed by atoms with Crippen molar-refractivity contribution >= 4 is 27.6 Å². The Bertz CT molecular complexity index is 1820. The molecule has 0 saturated carbocycles. The lowest BCUT2D eigenvalue weighted by atomic mass is 9.98. The van der Waals surface area contributed by atoms with Gasteiger partial charge < -0.3 is 15.0 Å². The number of benzene rings is 3. The van der Waals surface area contributed by atoms with E-state index >= 15 is 0 Å². The summed E-state index contributed by atoms with van der Waals surface area (Å²) in [7, 11) is -2.13. The van der Waals surface area contributed by atoms with Crippen LogP contribution in [0.1, 0.15) is 27.0 Å². The highest BCUT2D eigenvalue weighted by Gasteiger charge is 2.38. The molecule has 45 heavy (non-hydrogen) atoms. The molecular formula is C29H24F6N4O5S. The van der Waals surface area contributed by atoms with Gasteiger partial charge in [-0.15, -0.1) is 0 Å². The van der Waals surface area contributed by atoms with Gasteiger partial charge in [0.1, 0.15) is 0 Å². The van der Waals surface area contributed by atoms with Crippen LogP contribution in [0.3, 0.4) is 0 Å². The van der Waals surface area contributed by atoms with E-state index in [0.29, 0.717) is 35.2 Å². The number of rotatable bonds is 6. The number of aromatic nitrogens is 2. The summed E-state index contributed by atoms with van der Waals surface area (Å²) >= 11 is 0. The predicted octanol–water partition coefficient (Wildman–Crippen LogP) is 5.44. The average molecular weight is 655 g/mol. The highest BCUT2D eigenvalue weighted by molar-refractivity contribution is 7.89. The number of aryl methyl sites for hydroxylation is 1. The minimum absolute atomic E-state index is 0.0770. The number of nitrogens with zero attached hydrogens (tertiary/aromatic N) is 2. The van der Waals surface area contributed by atoms with Gasteiger partial charge in [0.15, 0.2) is 5.03 Å². The van der Waals surface area contributed by atoms with E-state index in [1.165, 1.54) is 29.2 Å². The molecule has 3 aromatic carbocycles. The molecule has 0 spiro atoms. The zero-order chi connectivity index (χ0) is 33.2. The van der Waals surface area contributed by atoms with Crippen molar-refractivity contribution in [3.8, 4) is 11.1 Å². The van der Waals surface area contributed by atoms with Gasteiger partial charge in [0, 0.05) is 24.3 Å². The van der Waals surface area contributed by atoms with E-state index in [1.807, 2.05) is 12.1 Å². The van der Waals surface area contributed by atoms with Gasteiger partial charge in [0.2, 0.25) is 0 Å². The van der Waals surface area contributed by atoms with Gasteiger partial charge in [-0.3, -0.25) is 4.79 Å². The molecule has 0 bridgehead atoms. The summed E-state index contributed by atoms with van der Waals surface area (Å²) in [5, 5.41) is 10.1. The van der Waals surface area contributed by atoms with Crippen molar-refractivity contribution in [1.82, 2.24) is 14.3 Å². The fourth-order valence-electron chi connectivity index (χ4n) is 4.63. The molecule has 1 heterocycles. The van der Waals surface area contributed by atoms with Crippen LogP contribution in [0.4, 0.5) is 32.0 Å². The maximum absolute atomic E-state index is 13.2. The minimum atomic E-state index is -5.08. The first-order valence-electron chi connectivity index (χ1n) is 12.9. The van der Waals surface area contributed by atoms with Crippen molar-refractivity contribution in [2.24, 2.45) is 7.05 Å². The monoisotopic (exact) mass is 654 g/mol. The number of hydrogen-bond acceptors (Lipinski definition) is 5. The highest BCUT2D eigenvalue weighted by atomic mass is 32.2. The molecule has 0 saturated heterocycles. The lowest BCUT2D eigenvalue weighted by Gasteiger charge is -2.13. The second-order valence-electron chi connectivity index (χ2n) is 9.93. The first-order chi connectivity index (χ1) is 21.0. The van der Waals surface area contributed by atoms with Crippen molar-refractivity contribution in [2.75, 3.05) is 5.32 Å². The van der Waals surface area contributed by atoms with Crippen LogP contribution in [0, 0.1) is 0 Å². The molecule has 1 unspecified atom stereocenters. The third kappa shape index (κ3) is 8.07. The zero-order valence-electron chi connectivity index (χ0n) is 23.1. The summed E-state index contributed by atoms with van der Waals surface area (Å²) in [6.07, 6.45) is -5.85. The van der Waals surface area contributed by atoms with Gasteiger partial charge in [-0.1, -0.05) is 36.4 Å². The van der Waals surface area contributed by atoms with E-state index in [9.17, 15) is 39.6 Å². The number of carboxylic acid groups (broad SMARTS) is 1. The predicted molar refractivity (Wildman–Crippen MR) is 150 cm³/mol. The van der Waals surface area contributed by atoms with Gasteiger partial charge in [-0.05, 0) is 65.4 Å². The number of fused-ring (bicyclic) bond motifs is 1. The molecule has 1 aliphatic rings. The van der Waals surface area contributed by atoms with Crippen LogP contribution in [0.2, 0.25) is 0 Å². The molecule has 4 aromatic rings. The molecule has 1 atom stereocenters. The number of carboxylic acids is 1. The summed E-state index contributed by atoms with van der Waals surface area (Å²) in [5.41, 5.74) is 2.97. The molecule has 16 heteroatoms. The third-order valence-corrected chi connectivity index (χ3v) is 8.29. The topological polar surface area (TPSA) is 130 Å². The number of carbonyl (C=O) groups excluding carboxylic acids is 1. The van der Waals surface area contributed by atoms with Crippen LogP contribution in [-0.4, -0.2) is 47.2 Å². The van der Waals surface area contributed by atoms with Gasteiger partial charge in [0.25, 0.3) is 15.9 Å². The Kier molecular flexibility index (Phi) is 9.39. The van der Waals surface area contributed by atoms with E-state index in [4.69, 9.17) is 9.90 Å². The number of amides is 1. The number of hydrogen-bond donors (Lipinski definition) is 3. The van der Waals surface area contributed by atoms with Crippen LogP contribution < -0.4 is 10.0 Å². The minimum Gasteiger partial charge on any atom is -0.475 e. The molecule has 5 rings (SSSR count). The molecule has 9 nitrogen and oxygen atoms in total. The molecule has 1 aromatic heterocycles. The van der Waals surface area contributed by atoms with E-state index in [2.05, 4.69) is 15.0 Å². The summed E-state index contributed by atoms with van der Waals surface area (Å²) in [6, 6.07) is 16.4. The van der Waals surface area contributed by atoms with E-state index in [0.717, 1.165) is 23.3 Å². The number of alkyl halides is 6. The second kappa shape index (κ2) is 12.7. The molecule has 0 fully saturated rings. The Morgan fingerprint density at radius 2 is 1.56 bits per heavy atom. The van der Waals surface area contributed by atoms with Crippen LogP contribution in [0.25, 0.3) is 11.1 Å². The Morgan fingerprint density at radius 3 is 2.13 bits per heavy atom. The first kappa shape index (κ1) is 33.2. The van der Waals surface area contributed by atoms with Crippen LogP contribution in [0.5, 0.6) is 0 Å². The lowest BCUT2D eigenvalue weighted by Crippen LogP contribution is -2.36. The highest BCUT2D eigenvalue weighted by Crippen LogP contribution is 2.32. The number of carbonyl (C=O) groups is 2. The van der Waals surface area contributed by atoms with Crippen LogP contribution >= 0.6 is 0 Å². The fraction of sp³-hybridized carbons (Fsp3) is 0.207. The van der Waals surface area contributed by atoms with E-state index in [1.54, 1.807) is 37.4 Å². The van der Waals surface area contributed by atoms with E-state index < -0.39 is 39.8 Å². The number of sulfonamides is 1. The molecular weight excluding hydrogens is 630 g/mol. The Hall–Kier alpha value is -4.70. The second-order valence-corrected chi connectivity index (χ2v) is 11.6. The lowest BCUT2D eigenvalue weighted by molar-refractivity contribution is -0.192. The van der Waals surface area contributed by atoms with Gasteiger partial charge in [-0.2, -0.15) is 26.3 Å². The Morgan fingerprint density at radius 1 is 0.933 bits per heavy atom. The molecule has 3 N–H and O–H groups in total. The summed E-state index contributed by atoms with van der Waals surface area (Å²) < 4.78 is 100. The Labute approximate surface area is 252 Å². The van der Waals surface area contributed by atoms with Crippen LogP contribution in [0.15, 0.2) is 84.3 Å². The standard InChI is InChI=1S/C27H23F3N4O3S.C2HF3O2/c1-34-16-31-15-25(34)38(36,37)33-22-12-18-8-11-21(13-19(18)14-22)32-26(35)24-5-3-2-4-23(24)17-6-9-20(10-7-17)27(28,29)30;3-2(4,5)1(6)7/h2-11,13,15-16,22,33H,12,14H2,1H3,(H,32,35);(H,6,7). The van der Waals surface area contributed by atoms with E-state index in [-0.39, 0.29) is 11.1 Å². The van der Waals surface area contributed by atoms with Crippen molar-refractivity contribution in [2.45, 2.75) is 36.3 Å². The first-order valence-corrected chi connectivity index (χ1v) is 14.4. The number of imidazole rings is 1. The maximum atomic E-state index is 13.2. The number of nitrogens with one attached hydrogen (secondary N) is 2. The maximum Gasteiger partial charge on any atom is 0.490 e. The van der Waals surface area contributed by atoms with Crippen molar-refractivity contribution < 1.29 is 49.5 Å². The fourth-order valence-corrected chi connectivity index (χ4v) is 5.99. The summed E-state index contributed by atoms with van der Waals surface area (Å²) in [5.74, 6) is -3.17. The van der Waals surface area contributed by atoms with Gasteiger partial charge in [0.05, 0.1) is 18.1 Å². The quantitative estimate of drug-likeness (QED) is 0.238. The largest absolute Gasteiger partial charge is 0.490 e. The number of halogens is 6. The van der Waals surface area contributed by atoms with Crippen molar-refractivity contribution in [3.63, 3.8) is 0 Å². The molecule has 1 amide bonds. The smallest absolute Gasteiger partial charge is 0.475 e. The van der Waals surface area contributed by atoms with Crippen LogP contribution in [-0.2, 0) is 40.9 Å². The normalized spacial score (nSPS) is 14.7. The number of anilines is 1. The molecule has 238 valence electrons. The summed E-state index contributed by atoms with van der Waals surface area (Å²) in [6.45, 7) is 0. The summed E-state index contributed by atoms with van der Waals surface area (Å²) in [4.78, 5) is 25.9. The van der Waals surface area contributed by atoms with Gasteiger partial charge >= 0.3 is 18.3 Å². The third-order valence-electron chi connectivity index (χ3n) is 6.70. The SMILES string of the molecule is Cn1cncc1S(=O)(=O)NC1Cc2ccc(NC(=O)c3ccccc3-c3ccc(C(F)(F)F)cc3)cc2C1.O=C(O)C(F)(F)F. The number of aliphatic carboxylic acids is 1. The zero-order valence-corrected chi connectivity index (χ0v) is 24.0. The van der Waals surface area contributed by atoms with Crippen molar-refractivity contribution in [1.29, 1.82) is 0 Å².